The number of anilines is 1. The van der Waals surface area contributed by atoms with Crippen molar-refractivity contribution in [2.45, 2.75) is 27.4 Å². The number of carbonyl (C=O) groups excluding carboxylic acids is 1. The van der Waals surface area contributed by atoms with E-state index in [1.807, 2.05) is 26.8 Å². The monoisotopic (exact) mass is 412 g/mol. The van der Waals surface area contributed by atoms with Gasteiger partial charge in [-0.25, -0.2) is 9.50 Å². The lowest BCUT2D eigenvalue weighted by Gasteiger charge is -2.03. The number of aldehydes is 1. The minimum absolute atomic E-state index is 0.261. The number of fused-ring (bicyclic) bond motifs is 2. The summed E-state index contributed by atoms with van der Waals surface area (Å²) in [5, 5.41) is 5.29. The fourth-order valence-electron chi connectivity index (χ4n) is 3.40. The molecule has 7 nitrogen and oxygen atoms in total. The van der Waals surface area contributed by atoms with E-state index in [9.17, 15) is 4.79 Å². The number of thiophene rings is 1. The molecule has 1 aromatic carbocycles. The van der Waals surface area contributed by atoms with Gasteiger partial charge in [-0.3, -0.25) is 4.79 Å². The molecule has 0 amide bonds. The Balaban J connectivity index is 0.00000117. The highest BCUT2D eigenvalue weighted by Crippen LogP contribution is 2.44. The molecule has 8 heteroatoms. The Bertz CT molecular complexity index is 1180. The fraction of sp³-hybridized carbons (Fsp3) is 0.286. The van der Waals surface area contributed by atoms with Crippen LogP contribution < -0.4 is 10.5 Å². The molecule has 0 aliphatic carbocycles. The highest BCUT2D eigenvalue weighted by molar-refractivity contribution is 7.22. The van der Waals surface area contributed by atoms with Crippen LogP contribution in [0.4, 0.5) is 5.82 Å². The second-order valence-corrected chi connectivity index (χ2v) is 7.24. The number of aromatic nitrogens is 3. The van der Waals surface area contributed by atoms with Crippen LogP contribution in [0.1, 0.15) is 35.5 Å². The third-order valence-corrected chi connectivity index (χ3v) is 5.67. The highest BCUT2D eigenvalue weighted by atomic mass is 32.1. The van der Waals surface area contributed by atoms with E-state index >= 15 is 0 Å². The Morgan fingerprint density at radius 1 is 1.24 bits per heavy atom. The van der Waals surface area contributed by atoms with E-state index in [2.05, 4.69) is 22.2 Å². The van der Waals surface area contributed by atoms with Crippen LogP contribution in [0.5, 0.6) is 5.75 Å². The summed E-state index contributed by atoms with van der Waals surface area (Å²) < 4.78 is 13.5. The van der Waals surface area contributed by atoms with Gasteiger partial charge in [-0.1, -0.05) is 19.9 Å². The van der Waals surface area contributed by atoms with Gasteiger partial charge in [-0.15, -0.1) is 11.3 Å². The number of carbonyl (C=O) groups is 1. The molecule has 3 heterocycles. The normalized spacial score (nSPS) is 10.8. The minimum atomic E-state index is 0.261. The van der Waals surface area contributed by atoms with Crippen LogP contribution >= 0.6 is 11.3 Å². The molecule has 0 fully saturated rings. The number of rotatable bonds is 5. The van der Waals surface area contributed by atoms with Gasteiger partial charge in [-0.2, -0.15) is 5.10 Å². The van der Waals surface area contributed by atoms with Crippen molar-refractivity contribution in [1.29, 1.82) is 0 Å². The van der Waals surface area contributed by atoms with Crippen LogP contribution in [0, 0.1) is 6.92 Å². The number of methoxy groups -OCH3 is 2. The first kappa shape index (κ1) is 20.8. The second kappa shape index (κ2) is 8.59. The van der Waals surface area contributed by atoms with Crippen molar-refractivity contribution < 1.29 is 14.3 Å². The van der Waals surface area contributed by atoms with E-state index in [1.165, 1.54) is 10.8 Å². The van der Waals surface area contributed by atoms with Crippen LogP contribution in [-0.4, -0.2) is 35.1 Å². The molecular weight excluding hydrogens is 388 g/mol. The molecule has 4 aromatic rings. The van der Waals surface area contributed by atoms with Crippen LogP contribution in [0.15, 0.2) is 24.5 Å². The number of hydrogen-bond acceptors (Lipinski definition) is 7. The Morgan fingerprint density at radius 3 is 2.66 bits per heavy atom. The van der Waals surface area contributed by atoms with E-state index < -0.39 is 0 Å². The summed E-state index contributed by atoms with van der Waals surface area (Å²) >= 11 is 1.58. The zero-order valence-corrected chi connectivity index (χ0v) is 18.0. The van der Waals surface area contributed by atoms with Crippen LogP contribution in [0.2, 0.25) is 0 Å². The number of benzene rings is 1. The molecule has 4 rings (SSSR count). The molecule has 2 N–H and O–H groups in total. The van der Waals surface area contributed by atoms with Crippen molar-refractivity contribution in [3.05, 3.63) is 41.3 Å². The second-order valence-electron chi connectivity index (χ2n) is 6.19. The Kier molecular flexibility index (Phi) is 6.14. The molecule has 0 radical (unpaired) electrons. The van der Waals surface area contributed by atoms with Gasteiger partial charge in [0.05, 0.1) is 18.4 Å². The summed E-state index contributed by atoms with van der Waals surface area (Å²) in [7, 11) is 3.25. The lowest BCUT2D eigenvalue weighted by Crippen LogP contribution is -2.02. The zero-order chi connectivity index (χ0) is 21.1. The largest absolute Gasteiger partial charge is 0.495 e. The molecule has 152 valence electrons. The van der Waals surface area contributed by atoms with Crippen LogP contribution in [0.3, 0.4) is 0 Å². The molecule has 3 aromatic heterocycles. The minimum Gasteiger partial charge on any atom is -0.495 e. The number of nitrogens with two attached hydrogens (primary N) is 1. The molecule has 0 aliphatic rings. The lowest BCUT2D eigenvalue weighted by atomic mass is 10.1. The molecule has 0 bridgehead atoms. The van der Waals surface area contributed by atoms with E-state index in [-0.39, 0.29) is 6.61 Å². The molecule has 0 atom stereocenters. The van der Waals surface area contributed by atoms with Crippen molar-refractivity contribution in [1.82, 2.24) is 14.6 Å². The predicted octanol–water partition coefficient (Wildman–Crippen LogP) is 4.50. The predicted molar refractivity (Wildman–Crippen MR) is 117 cm³/mol. The van der Waals surface area contributed by atoms with Gasteiger partial charge in [0, 0.05) is 23.1 Å². The van der Waals surface area contributed by atoms with E-state index in [4.69, 9.17) is 15.2 Å². The number of hydrogen-bond donors (Lipinski definition) is 1. The van der Waals surface area contributed by atoms with Crippen molar-refractivity contribution >= 4 is 39.0 Å². The van der Waals surface area contributed by atoms with E-state index in [1.54, 1.807) is 25.6 Å². The molecular formula is C21H24N4O3S. The van der Waals surface area contributed by atoms with Crippen LogP contribution in [-0.2, 0) is 11.3 Å². The Hall–Kier alpha value is -2.97. The van der Waals surface area contributed by atoms with Crippen molar-refractivity contribution in [2.75, 3.05) is 20.0 Å². The van der Waals surface area contributed by atoms with E-state index in [0.29, 0.717) is 17.0 Å². The van der Waals surface area contributed by atoms with Gasteiger partial charge >= 0.3 is 0 Å². The maximum atomic E-state index is 11.8. The third kappa shape index (κ3) is 3.45. The smallest absolute Gasteiger partial charge is 0.168 e. The summed E-state index contributed by atoms with van der Waals surface area (Å²) in [6.07, 6.45) is 2.11. The number of aryl methyl sites for hydroxylation is 1. The summed E-state index contributed by atoms with van der Waals surface area (Å²) in [6, 6.07) is 6.18. The lowest BCUT2D eigenvalue weighted by molar-refractivity contribution is 0.111. The maximum Gasteiger partial charge on any atom is 0.168 e. The summed E-state index contributed by atoms with van der Waals surface area (Å²) in [4.78, 5) is 16.9. The van der Waals surface area contributed by atoms with Crippen LogP contribution in [0.25, 0.3) is 26.0 Å². The van der Waals surface area contributed by atoms with Gasteiger partial charge in [0.2, 0.25) is 0 Å². The van der Waals surface area contributed by atoms with Gasteiger partial charge < -0.3 is 15.2 Å². The first-order valence-electron chi connectivity index (χ1n) is 9.25. The van der Waals surface area contributed by atoms with Crippen molar-refractivity contribution in [3.8, 4) is 16.2 Å². The molecule has 0 unspecified atom stereocenters. The number of ether oxygens (including phenoxy) is 2. The highest BCUT2D eigenvalue weighted by Gasteiger charge is 2.24. The molecule has 0 spiro atoms. The maximum absolute atomic E-state index is 11.8. The average molecular weight is 413 g/mol. The SMILES string of the molecule is CC.COCc1c(-c2cc3cc(C)cc(OC)c3s2)c2c(N)ncnn2c1C=O. The molecule has 29 heavy (non-hydrogen) atoms. The molecule has 0 saturated heterocycles. The first-order chi connectivity index (χ1) is 14.1. The summed E-state index contributed by atoms with van der Waals surface area (Å²) in [5.41, 5.74) is 9.84. The van der Waals surface area contributed by atoms with Gasteiger partial charge in [0.1, 0.15) is 23.3 Å². The number of nitrogens with zero attached hydrogens (tertiary/aromatic N) is 3. The van der Waals surface area contributed by atoms with Crippen molar-refractivity contribution in [2.24, 2.45) is 0 Å². The standard InChI is InChI=1S/C19H18N4O3S.C2H6/c1-10-4-11-6-15(27-18(11)14(5-10)26-3)16-12(8-25-2)13(7-24)23-17(16)19(20)21-9-22-23;1-2/h4-7,9H,8H2,1-3H3,(H2,20,21,22);1-2H3. The van der Waals surface area contributed by atoms with Gasteiger partial charge in [0.25, 0.3) is 0 Å². The van der Waals surface area contributed by atoms with Crippen molar-refractivity contribution in [3.63, 3.8) is 0 Å². The van der Waals surface area contributed by atoms with Gasteiger partial charge in [0.15, 0.2) is 12.1 Å². The fourth-order valence-corrected chi connectivity index (χ4v) is 4.60. The first-order valence-corrected chi connectivity index (χ1v) is 10.1. The zero-order valence-electron chi connectivity index (χ0n) is 17.1. The molecule has 0 aliphatic heterocycles. The Morgan fingerprint density at radius 2 is 2.00 bits per heavy atom. The molecule has 0 saturated carbocycles. The Labute approximate surface area is 173 Å². The van der Waals surface area contributed by atoms with E-state index in [0.717, 1.165) is 43.7 Å². The summed E-state index contributed by atoms with van der Waals surface area (Å²) in [6.45, 7) is 6.29. The van der Waals surface area contributed by atoms with Gasteiger partial charge in [-0.05, 0) is 30.0 Å². The quantitative estimate of drug-likeness (QED) is 0.486. The summed E-state index contributed by atoms with van der Waals surface area (Å²) in [5.74, 6) is 1.13. The average Bonchev–Trinajstić information content (AvgIpc) is 3.28. The number of nitrogen functional groups attached to an aromatic ring is 1. The third-order valence-electron chi connectivity index (χ3n) is 4.49. The topological polar surface area (TPSA) is 91.7 Å².